The highest BCUT2D eigenvalue weighted by molar-refractivity contribution is 6.07. The number of anilines is 2. The van der Waals surface area contributed by atoms with Gasteiger partial charge < -0.3 is 19.4 Å². The second-order valence-electron chi connectivity index (χ2n) is 9.55. The molecule has 1 aromatic heterocycles. The molecule has 6 heteroatoms. The number of carbonyl (C=O) groups excluding carboxylic acids is 2. The molecule has 2 amide bonds. The highest BCUT2D eigenvalue weighted by Crippen LogP contribution is 2.32. The van der Waals surface area contributed by atoms with Crippen LogP contribution in [-0.4, -0.2) is 18.4 Å². The van der Waals surface area contributed by atoms with Crippen LogP contribution >= 0.6 is 0 Å². The summed E-state index contributed by atoms with van der Waals surface area (Å²) in [5.41, 5.74) is 5.30. The van der Waals surface area contributed by atoms with E-state index in [0.29, 0.717) is 23.6 Å². The van der Waals surface area contributed by atoms with E-state index in [-0.39, 0.29) is 18.2 Å². The first-order valence-electron chi connectivity index (χ1n) is 12.3. The molecule has 0 saturated carbocycles. The zero-order valence-corrected chi connectivity index (χ0v) is 20.7. The molecule has 1 atom stereocenters. The molecule has 37 heavy (non-hydrogen) atoms. The molecular weight excluding hydrogens is 464 g/mol. The van der Waals surface area contributed by atoms with Gasteiger partial charge in [-0.2, -0.15) is 0 Å². The molecule has 1 N–H and O–H groups in total. The van der Waals surface area contributed by atoms with Crippen molar-refractivity contribution in [3.63, 3.8) is 0 Å². The van der Waals surface area contributed by atoms with Crippen molar-refractivity contribution in [2.24, 2.45) is 5.92 Å². The summed E-state index contributed by atoms with van der Waals surface area (Å²) in [6.07, 6.45) is 0.166. The minimum atomic E-state index is -0.440. The quantitative estimate of drug-likeness (QED) is 0.288. The first-order chi connectivity index (χ1) is 17.9. The average Bonchev–Trinajstić information content (AvgIpc) is 3.47. The van der Waals surface area contributed by atoms with Gasteiger partial charge in [-0.25, -0.2) is 0 Å². The molecule has 1 saturated heterocycles. The third-order valence-corrected chi connectivity index (χ3v) is 7.00. The van der Waals surface area contributed by atoms with Crippen molar-refractivity contribution in [1.29, 1.82) is 0 Å². The smallest absolute Gasteiger partial charge is 0.229 e. The number of amides is 2. The van der Waals surface area contributed by atoms with Crippen LogP contribution in [0, 0.1) is 19.8 Å². The molecule has 1 fully saturated rings. The fourth-order valence-corrected chi connectivity index (χ4v) is 4.79. The molecule has 4 aromatic carbocycles. The average molecular weight is 491 g/mol. The van der Waals surface area contributed by atoms with Gasteiger partial charge in [0, 0.05) is 41.2 Å². The number of carbonyl (C=O) groups is 2. The SMILES string of the molecule is Cc1ccc(Oc2ccc(N3C[C@@H](C(=O)Nc4ccc5c(c4)oc4ccccc45)CC3=O)cc2)cc1C. The summed E-state index contributed by atoms with van der Waals surface area (Å²) in [4.78, 5) is 27.4. The van der Waals surface area contributed by atoms with Crippen LogP contribution in [-0.2, 0) is 9.59 Å². The summed E-state index contributed by atoms with van der Waals surface area (Å²) in [6.45, 7) is 4.44. The van der Waals surface area contributed by atoms with Crippen molar-refractivity contribution >= 4 is 45.1 Å². The number of rotatable bonds is 5. The van der Waals surface area contributed by atoms with Crippen LogP contribution in [0.5, 0.6) is 11.5 Å². The van der Waals surface area contributed by atoms with E-state index in [1.165, 1.54) is 11.1 Å². The van der Waals surface area contributed by atoms with Gasteiger partial charge in [-0.1, -0.05) is 24.3 Å². The third-order valence-electron chi connectivity index (χ3n) is 7.00. The summed E-state index contributed by atoms with van der Waals surface area (Å²) in [6, 6.07) is 26.8. The number of fused-ring (bicyclic) bond motifs is 3. The topological polar surface area (TPSA) is 71.8 Å². The molecule has 6 nitrogen and oxygen atoms in total. The zero-order valence-electron chi connectivity index (χ0n) is 20.7. The van der Waals surface area contributed by atoms with Gasteiger partial charge in [-0.3, -0.25) is 9.59 Å². The predicted molar refractivity (Wildman–Crippen MR) is 145 cm³/mol. The number of nitrogens with one attached hydrogen (secondary N) is 1. The summed E-state index contributed by atoms with van der Waals surface area (Å²) in [7, 11) is 0. The van der Waals surface area contributed by atoms with Gasteiger partial charge in [-0.15, -0.1) is 0 Å². The molecule has 0 radical (unpaired) electrons. The maximum absolute atomic E-state index is 13.0. The van der Waals surface area contributed by atoms with Crippen LogP contribution in [0.25, 0.3) is 21.9 Å². The Labute approximate surface area is 214 Å². The van der Waals surface area contributed by atoms with Crippen molar-refractivity contribution in [3.05, 3.63) is 96.1 Å². The van der Waals surface area contributed by atoms with E-state index in [1.807, 2.05) is 91.9 Å². The number of hydrogen-bond acceptors (Lipinski definition) is 4. The monoisotopic (exact) mass is 490 g/mol. The van der Waals surface area contributed by atoms with Gasteiger partial charge in [0.15, 0.2) is 0 Å². The highest BCUT2D eigenvalue weighted by atomic mass is 16.5. The van der Waals surface area contributed by atoms with Crippen molar-refractivity contribution < 1.29 is 18.7 Å². The van der Waals surface area contributed by atoms with Gasteiger partial charge >= 0.3 is 0 Å². The lowest BCUT2D eigenvalue weighted by Gasteiger charge is -2.17. The maximum Gasteiger partial charge on any atom is 0.229 e. The minimum absolute atomic E-state index is 0.0734. The van der Waals surface area contributed by atoms with E-state index >= 15 is 0 Å². The van der Waals surface area contributed by atoms with E-state index in [0.717, 1.165) is 27.8 Å². The Morgan fingerprint density at radius 2 is 1.62 bits per heavy atom. The summed E-state index contributed by atoms with van der Waals surface area (Å²) in [5, 5.41) is 5.00. The van der Waals surface area contributed by atoms with Crippen molar-refractivity contribution in [2.75, 3.05) is 16.8 Å². The summed E-state index contributed by atoms with van der Waals surface area (Å²) < 4.78 is 11.9. The van der Waals surface area contributed by atoms with Crippen LogP contribution < -0.4 is 15.0 Å². The Kier molecular flexibility index (Phi) is 5.64. The van der Waals surface area contributed by atoms with E-state index in [9.17, 15) is 9.59 Å². The van der Waals surface area contributed by atoms with Gasteiger partial charge in [0.1, 0.15) is 22.7 Å². The number of hydrogen-bond donors (Lipinski definition) is 1. The van der Waals surface area contributed by atoms with E-state index in [1.54, 1.807) is 4.90 Å². The molecule has 0 bridgehead atoms. The number of benzene rings is 4. The predicted octanol–water partition coefficient (Wildman–Crippen LogP) is 6.99. The minimum Gasteiger partial charge on any atom is -0.457 e. The Bertz CT molecular complexity index is 1650. The molecule has 1 aliphatic rings. The van der Waals surface area contributed by atoms with Gasteiger partial charge in [0.05, 0.1) is 5.92 Å². The van der Waals surface area contributed by atoms with Crippen molar-refractivity contribution in [2.45, 2.75) is 20.3 Å². The van der Waals surface area contributed by atoms with E-state index in [4.69, 9.17) is 9.15 Å². The van der Waals surface area contributed by atoms with Gasteiger partial charge in [0.2, 0.25) is 11.8 Å². The molecule has 1 aliphatic heterocycles. The first-order valence-corrected chi connectivity index (χ1v) is 12.3. The van der Waals surface area contributed by atoms with Crippen LogP contribution in [0.1, 0.15) is 17.5 Å². The number of ether oxygens (including phenoxy) is 1. The number of furan rings is 1. The number of nitrogens with zero attached hydrogens (tertiary/aromatic N) is 1. The first kappa shape index (κ1) is 22.9. The second kappa shape index (κ2) is 9.13. The zero-order chi connectivity index (χ0) is 25.5. The molecule has 0 unspecified atom stereocenters. The lowest BCUT2D eigenvalue weighted by atomic mass is 10.1. The molecule has 6 rings (SSSR count). The molecule has 0 spiro atoms. The van der Waals surface area contributed by atoms with Gasteiger partial charge in [0.25, 0.3) is 0 Å². The Morgan fingerprint density at radius 3 is 2.43 bits per heavy atom. The van der Waals surface area contributed by atoms with Crippen LogP contribution in [0.2, 0.25) is 0 Å². The van der Waals surface area contributed by atoms with E-state index in [2.05, 4.69) is 12.2 Å². The number of aryl methyl sites for hydroxylation is 2. The highest BCUT2D eigenvalue weighted by Gasteiger charge is 2.35. The van der Waals surface area contributed by atoms with Crippen molar-refractivity contribution in [1.82, 2.24) is 0 Å². The summed E-state index contributed by atoms with van der Waals surface area (Å²) in [5.74, 6) is 0.765. The fourth-order valence-electron chi connectivity index (χ4n) is 4.79. The van der Waals surface area contributed by atoms with Gasteiger partial charge in [-0.05, 0) is 79.6 Å². The Balaban J connectivity index is 1.12. The van der Waals surface area contributed by atoms with Crippen LogP contribution in [0.15, 0.2) is 89.3 Å². The standard InChI is InChI=1S/C31H26N2O4/c1-19-7-11-25(15-20(19)2)36-24-12-9-23(10-13-24)33-18-21(16-30(33)34)31(35)32-22-8-14-27-26-5-3-4-6-28(26)37-29(27)17-22/h3-15,17,21H,16,18H2,1-2H3,(H,32,35)/t21-/m0/s1. The van der Waals surface area contributed by atoms with Crippen LogP contribution in [0.4, 0.5) is 11.4 Å². The Hall–Kier alpha value is -4.58. The second-order valence-corrected chi connectivity index (χ2v) is 9.55. The van der Waals surface area contributed by atoms with Crippen LogP contribution in [0.3, 0.4) is 0 Å². The fraction of sp³-hybridized carbons (Fsp3) is 0.161. The maximum atomic E-state index is 13.0. The number of para-hydroxylation sites is 1. The lowest BCUT2D eigenvalue weighted by Crippen LogP contribution is -2.28. The molecule has 5 aromatic rings. The normalized spacial score (nSPS) is 15.5. The molecular formula is C31H26N2O4. The lowest BCUT2D eigenvalue weighted by molar-refractivity contribution is -0.122. The molecule has 0 aliphatic carbocycles. The van der Waals surface area contributed by atoms with Crippen molar-refractivity contribution in [3.8, 4) is 11.5 Å². The third kappa shape index (κ3) is 4.42. The van der Waals surface area contributed by atoms with E-state index < -0.39 is 5.92 Å². The molecule has 2 heterocycles. The summed E-state index contributed by atoms with van der Waals surface area (Å²) >= 11 is 0. The molecule has 184 valence electrons. The largest absolute Gasteiger partial charge is 0.457 e. The Morgan fingerprint density at radius 1 is 0.865 bits per heavy atom.